The molecule has 1 N–H and O–H groups in total. The molecule has 0 aromatic heterocycles. The van der Waals surface area contributed by atoms with E-state index in [0.29, 0.717) is 30.2 Å². The van der Waals surface area contributed by atoms with E-state index in [1.54, 1.807) is 0 Å². The molecule has 2 atom stereocenters. The van der Waals surface area contributed by atoms with E-state index in [1.165, 1.54) is 43.5 Å². The number of halogens is 10. The van der Waals surface area contributed by atoms with E-state index in [1.807, 2.05) is 0 Å². The van der Waals surface area contributed by atoms with Crippen molar-refractivity contribution in [2.45, 2.75) is 56.5 Å². The first-order chi connectivity index (χ1) is 26.3. The van der Waals surface area contributed by atoms with E-state index in [0.717, 1.165) is 55.3 Å². The molecule has 0 spiro atoms. The average molecular weight is 802 g/mol. The van der Waals surface area contributed by atoms with Crippen molar-refractivity contribution in [2.75, 3.05) is 13.7 Å². The maximum Gasteiger partial charge on any atom is 0.573 e. The van der Waals surface area contributed by atoms with Crippen LogP contribution in [0.5, 0.6) is 17.2 Å². The predicted octanol–water partition coefficient (Wildman–Crippen LogP) is 9.92. The molecule has 1 saturated carbocycles. The molecule has 0 saturated heterocycles. The van der Waals surface area contributed by atoms with E-state index in [-0.39, 0.29) is 41.6 Å². The number of hydrogen-bond acceptors (Lipinski definition) is 6. The summed E-state index contributed by atoms with van der Waals surface area (Å²) in [5.74, 6) is -5.10. The van der Waals surface area contributed by atoms with Gasteiger partial charge in [0.25, 0.3) is 5.91 Å². The Labute approximate surface area is 313 Å². The molecular weight excluding hydrogens is 768 g/mol. The van der Waals surface area contributed by atoms with Gasteiger partial charge < -0.3 is 24.3 Å². The van der Waals surface area contributed by atoms with E-state index in [4.69, 9.17) is 9.47 Å². The van der Waals surface area contributed by atoms with Crippen LogP contribution in [0.15, 0.2) is 91.0 Å². The first kappa shape index (κ1) is 41.7. The molecule has 5 rings (SSSR count). The predicted molar refractivity (Wildman–Crippen MR) is 179 cm³/mol. The molecule has 7 nitrogen and oxygen atoms in total. The quantitative estimate of drug-likeness (QED) is 0.114. The first-order valence-corrected chi connectivity index (χ1v) is 17.0. The third kappa shape index (κ3) is 10.6. The second-order valence-electron chi connectivity index (χ2n) is 13.0. The number of nitrogens with one attached hydrogen (secondary N) is 1. The van der Waals surface area contributed by atoms with Crippen LogP contribution in [-0.2, 0) is 27.7 Å². The summed E-state index contributed by atoms with van der Waals surface area (Å²) in [5, 5.41) is 2.53. The molecule has 0 unspecified atom stereocenters. The van der Waals surface area contributed by atoms with Gasteiger partial charge in [-0.1, -0.05) is 49.2 Å². The van der Waals surface area contributed by atoms with Crippen molar-refractivity contribution in [3.8, 4) is 17.2 Å². The fourth-order valence-electron chi connectivity index (χ4n) is 6.71. The molecule has 17 heteroatoms. The van der Waals surface area contributed by atoms with Crippen molar-refractivity contribution < 1.29 is 72.4 Å². The molecule has 0 radical (unpaired) electrons. The minimum Gasteiger partial charge on any atom is -0.493 e. The smallest absolute Gasteiger partial charge is 0.493 e. The van der Waals surface area contributed by atoms with Gasteiger partial charge in [0.05, 0.1) is 30.7 Å². The lowest BCUT2D eigenvalue weighted by Crippen LogP contribution is -2.48. The summed E-state index contributed by atoms with van der Waals surface area (Å²) < 4.78 is 155. The molecule has 1 aliphatic carbocycles. The van der Waals surface area contributed by atoms with Gasteiger partial charge in [0, 0.05) is 17.9 Å². The van der Waals surface area contributed by atoms with Crippen molar-refractivity contribution in [2.24, 2.45) is 11.8 Å². The van der Waals surface area contributed by atoms with Gasteiger partial charge in [-0.3, -0.25) is 9.59 Å². The summed E-state index contributed by atoms with van der Waals surface area (Å²) in [4.78, 5) is 26.2. The molecule has 300 valence electrons. The van der Waals surface area contributed by atoms with Gasteiger partial charge in [0.2, 0.25) is 0 Å². The molecule has 1 amide bonds. The molecule has 0 heterocycles. The zero-order valence-corrected chi connectivity index (χ0v) is 29.3. The van der Waals surface area contributed by atoms with Gasteiger partial charge in [-0.05, 0) is 84.1 Å². The summed E-state index contributed by atoms with van der Waals surface area (Å²) in [6.07, 6.45) is -13.0. The summed E-state index contributed by atoms with van der Waals surface area (Å²) in [6, 6.07) is 15.6. The number of benzene rings is 4. The Kier molecular flexibility index (Phi) is 12.4. The highest BCUT2D eigenvalue weighted by Crippen LogP contribution is 2.40. The Morgan fingerprint density at radius 1 is 0.714 bits per heavy atom. The summed E-state index contributed by atoms with van der Waals surface area (Å²) in [5.41, 5.74) is -4.80. The fraction of sp³-hybridized carbons (Fsp3) is 0.333. The molecule has 1 fully saturated rings. The number of esters is 1. The monoisotopic (exact) mass is 801 g/mol. The Bertz CT molecular complexity index is 1940. The van der Waals surface area contributed by atoms with Crippen LogP contribution in [0.3, 0.4) is 0 Å². The van der Waals surface area contributed by atoms with Gasteiger partial charge in [-0.25, -0.2) is 4.39 Å². The Balaban J connectivity index is 1.61. The van der Waals surface area contributed by atoms with Crippen LogP contribution in [0.25, 0.3) is 0 Å². The first-order valence-electron chi connectivity index (χ1n) is 17.0. The van der Waals surface area contributed by atoms with Gasteiger partial charge in [0.15, 0.2) is 0 Å². The van der Waals surface area contributed by atoms with Crippen molar-refractivity contribution in [1.29, 1.82) is 0 Å². The molecular formula is C39H33F10NO6. The highest BCUT2D eigenvalue weighted by molar-refractivity contribution is 5.95. The SMILES string of the molecule is COC(=O)[C@@H]1CCCC[C@H]1COc1ccc(CC(NC(=O)c2ccc(F)c(C(F)(F)F)c2)(c2cccc(OC(F)(F)F)c2)c2cccc(OC(F)(F)F)c2)cc1. The number of methoxy groups -OCH3 is 1. The van der Waals surface area contributed by atoms with Crippen LogP contribution in [-0.4, -0.2) is 38.3 Å². The van der Waals surface area contributed by atoms with Crippen molar-refractivity contribution in [3.63, 3.8) is 0 Å². The number of alkyl halides is 9. The number of ether oxygens (including phenoxy) is 4. The van der Waals surface area contributed by atoms with Gasteiger partial charge >= 0.3 is 24.9 Å². The second-order valence-corrected chi connectivity index (χ2v) is 13.0. The van der Waals surface area contributed by atoms with Crippen molar-refractivity contribution in [3.05, 3.63) is 125 Å². The highest BCUT2D eigenvalue weighted by atomic mass is 19.4. The molecule has 56 heavy (non-hydrogen) atoms. The third-order valence-electron chi connectivity index (χ3n) is 9.25. The van der Waals surface area contributed by atoms with E-state index >= 15 is 0 Å². The minimum atomic E-state index is -5.23. The minimum absolute atomic E-state index is 0.138. The van der Waals surface area contributed by atoms with Crippen LogP contribution in [0.2, 0.25) is 0 Å². The molecule has 4 aromatic rings. The van der Waals surface area contributed by atoms with Crippen LogP contribution in [0, 0.1) is 17.7 Å². The second kappa shape index (κ2) is 16.7. The number of carbonyl (C=O) groups excluding carboxylic acids is 2. The van der Waals surface area contributed by atoms with E-state index in [2.05, 4.69) is 14.8 Å². The number of carbonyl (C=O) groups is 2. The van der Waals surface area contributed by atoms with E-state index < -0.39 is 65.2 Å². The Morgan fingerprint density at radius 3 is 1.82 bits per heavy atom. The maximum atomic E-state index is 14.2. The largest absolute Gasteiger partial charge is 0.573 e. The zero-order chi connectivity index (χ0) is 40.9. The van der Waals surface area contributed by atoms with E-state index in [9.17, 15) is 53.5 Å². The summed E-state index contributed by atoms with van der Waals surface area (Å²) in [6.45, 7) is 0.161. The van der Waals surface area contributed by atoms with Crippen LogP contribution < -0.4 is 19.5 Å². The highest BCUT2D eigenvalue weighted by Gasteiger charge is 2.41. The lowest BCUT2D eigenvalue weighted by molar-refractivity contribution is -0.275. The molecule has 0 aliphatic heterocycles. The number of rotatable bonds is 12. The van der Waals surface area contributed by atoms with Gasteiger partial charge in [-0.15, -0.1) is 26.3 Å². The van der Waals surface area contributed by atoms with Gasteiger partial charge in [0.1, 0.15) is 23.1 Å². The molecule has 1 aliphatic rings. The van der Waals surface area contributed by atoms with Crippen LogP contribution in [0.4, 0.5) is 43.9 Å². The van der Waals surface area contributed by atoms with Crippen LogP contribution >= 0.6 is 0 Å². The Morgan fingerprint density at radius 2 is 1.29 bits per heavy atom. The molecule has 4 aromatic carbocycles. The lowest BCUT2D eigenvalue weighted by atomic mass is 9.77. The topological polar surface area (TPSA) is 83.1 Å². The maximum absolute atomic E-state index is 14.2. The molecule has 0 bridgehead atoms. The average Bonchev–Trinajstić information content (AvgIpc) is 3.12. The normalized spacial score (nSPS) is 16.5. The number of hydrogen-bond donors (Lipinski definition) is 1. The van der Waals surface area contributed by atoms with Crippen LogP contribution in [0.1, 0.15) is 58.3 Å². The van der Waals surface area contributed by atoms with Crippen molar-refractivity contribution >= 4 is 11.9 Å². The summed E-state index contributed by atoms with van der Waals surface area (Å²) in [7, 11) is 1.30. The third-order valence-corrected chi connectivity index (χ3v) is 9.25. The summed E-state index contributed by atoms with van der Waals surface area (Å²) >= 11 is 0. The number of amides is 1. The zero-order valence-electron chi connectivity index (χ0n) is 29.3. The fourth-order valence-corrected chi connectivity index (χ4v) is 6.71. The Hall–Kier alpha value is -5.48. The standard InChI is InChI=1S/C39H33F10NO6/c1-53-35(52)31-11-3-2-6-25(31)22-54-28-15-12-23(13-16-28)21-36(26-7-4-9-29(19-26)55-38(44,45)46,27-8-5-10-30(20-27)56-39(47,48)49)50-34(51)24-14-17-33(40)32(18-24)37(41,42)43/h4-5,7-10,12-20,25,31H,2-3,6,11,21-22H2,1H3,(H,50,51)/t25-,31+/m0/s1. The lowest BCUT2D eigenvalue weighted by Gasteiger charge is -2.37. The van der Waals surface area contributed by atoms with Crippen molar-refractivity contribution in [1.82, 2.24) is 5.32 Å². The van der Waals surface area contributed by atoms with Gasteiger partial charge in [-0.2, -0.15) is 13.2 Å².